The number of amides is 3. The Morgan fingerprint density at radius 1 is 1.23 bits per heavy atom. The molecule has 0 saturated carbocycles. The van der Waals surface area contributed by atoms with Crippen LogP contribution in [0.25, 0.3) is 0 Å². The van der Waals surface area contributed by atoms with Gasteiger partial charge in [0.1, 0.15) is 0 Å². The van der Waals surface area contributed by atoms with Crippen LogP contribution in [0.15, 0.2) is 24.3 Å². The minimum absolute atomic E-state index is 0.182. The fourth-order valence-corrected chi connectivity index (χ4v) is 2.53. The van der Waals surface area contributed by atoms with Gasteiger partial charge in [-0.2, -0.15) is 5.26 Å². The van der Waals surface area contributed by atoms with Crippen molar-refractivity contribution in [2.75, 3.05) is 18.5 Å². The molecule has 2 rings (SSSR count). The van der Waals surface area contributed by atoms with Crippen LogP contribution in [-0.4, -0.2) is 48.3 Å². The van der Waals surface area contributed by atoms with E-state index in [1.165, 1.54) is 43.1 Å². The summed E-state index contributed by atoms with van der Waals surface area (Å²) in [4.78, 5) is 50.1. The number of ether oxygens (including phenoxy) is 1. The molecule has 1 saturated heterocycles. The maximum atomic E-state index is 12.2. The lowest BCUT2D eigenvalue weighted by atomic mass is 10.2. The molecule has 136 valence electrons. The van der Waals surface area contributed by atoms with Crippen LogP contribution in [-0.2, 0) is 19.1 Å². The van der Waals surface area contributed by atoms with E-state index in [0.29, 0.717) is 5.69 Å². The predicted molar refractivity (Wildman–Crippen MR) is 90.9 cm³/mol. The molecule has 0 bridgehead atoms. The van der Waals surface area contributed by atoms with E-state index in [1.807, 2.05) is 6.07 Å². The Kier molecular flexibility index (Phi) is 6.07. The lowest BCUT2D eigenvalue weighted by Crippen LogP contribution is -2.37. The molecule has 1 aromatic rings. The third-order valence-corrected chi connectivity index (χ3v) is 3.98. The van der Waals surface area contributed by atoms with Gasteiger partial charge in [0.05, 0.1) is 23.7 Å². The van der Waals surface area contributed by atoms with Gasteiger partial charge < -0.3 is 9.64 Å². The fraction of sp³-hybridized carbons (Fsp3) is 0.389. The molecule has 1 fully saturated rings. The highest BCUT2D eigenvalue weighted by atomic mass is 16.5. The molecular weight excluding hydrogens is 338 g/mol. The van der Waals surface area contributed by atoms with Crippen molar-refractivity contribution >= 4 is 29.4 Å². The Hall–Kier alpha value is -3.21. The Bertz CT molecular complexity index is 750. The van der Waals surface area contributed by atoms with Crippen LogP contribution in [0.3, 0.4) is 0 Å². The van der Waals surface area contributed by atoms with Crippen LogP contribution in [0.1, 0.15) is 36.5 Å². The number of rotatable bonds is 6. The van der Waals surface area contributed by atoms with Crippen molar-refractivity contribution in [1.29, 1.82) is 5.26 Å². The molecule has 1 aliphatic heterocycles. The monoisotopic (exact) mass is 357 g/mol. The molecule has 1 heterocycles. The summed E-state index contributed by atoms with van der Waals surface area (Å²) in [6, 6.07) is 7.79. The number of hydrogen-bond acceptors (Lipinski definition) is 6. The zero-order valence-electron chi connectivity index (χ0n) is 14.6. The summed E-state index contributed by atoms with van der Waals surface area (Å²) < 4.78 is 5.15. The summed E-state index contributed by atoms with van der Waals surface area (Å²) in [5.41, 5.74) is 0.599. The van der Waals surface area contributed by atoms with Gasteiger partial charge in [0.2, 0.25) is 11.8 Å². The lowest BCUT2D eigenvalue weighted by molar-refractivity contribution is -0.138. The van der Waals surface area contributed by atoms with E-state index < -0.39 is 18.0 Å². The van der Waals surface area contributed by atoms with Crippen molar-refractivity contribution in [3.05, 3.63) is 29.8 Å². The standard InChI is InChI=1S/C18H19N3O5/c1-12(17(24)20(2)11-3-10-19)26-18(25)13-4-6-14(7-5-13)21-15(22)8-9-16(21)23/h4-7,12H,3,8-9,11H2,1-2H3/t12-/m1/s1. The van der Waals surface area contributed by atoms with Crippen LogP contribution in [0.5, 0.6) is 0 Å². The van der Waals surface area contributed by atoms with Gasteiger partial charge in [0, 0.05) is 26.4 Å². The average Bonchev–Trinajstić information content (AvgIpc) is 2.97. The topological polar surface area (TPSA) is 108 Å². The number of benzene rings is 1. The number of imide groups is 1. The number of hydrogen-bond donors (Lipinski definition) is 0. The maximum Gasteiger partial charge on any atom is 0.338 e. The zero-order valence-corrected chi connectivity index (χ0v) is 14.6. The summed E-state index contributed by atoms with van der Waals surface area (Å²) in [7, 11) is 1.53. The highest BCUT2D eigenvalue weighted by Crippen LogP contribution is 2.23. The molecule has 0 N–H and O–H groups in total. The average molecular weight is 357 g/mol. The van der Waals surface area contributed by atoms with Crippen molar-refractivity contribution in [2.24, 2.45) is 0 Å². The maximum absolute atomic E-state index is 12.2. The molecule has 8 nitrogen and oxygen atoms in total. The summed E-state index contributed by atoms with van der Waals surface area (Å²) >= 11 is 0. The van der Waals surface area contributed by atoms with Crippen molar-refractivity contribution in [3.8, 4) is 6.07 Å². The number of carbonyl (C=O) groups is 4. The highest BCUT2D eigenvalue weighted by Gasteiger charge is 2.30. The Balaban J connectivity index is 1.99. The second-order valence-corrected chi connectivity index (χ2v) is 5.89. The normalized spacial score (nSPS) is 14.7. The number of anilines is 1. The molecule has 3 amide bonds. The van der Waals surface area contributed by atoms with Crippen molar-refractivity contribution in [2.45, 2.75) is 32.3 Å². The van der Waals surface area contributed by atoms with Gasteiger partial charge in [-0.15, -0.1) is 0 Å². The number of esters is 1. The van der Waals surface area contributed by atoms with E-state index in [-0.39, 0.29) is 43.2 Å². The van der Waals surface area contributed by atoms with Gasteiger partial charge in [-0.25, -0.2) is 4.79 Å². The van der Waals surface area contributed by atoms with E-state index in [0.717, 1.165) is 4.90 Å². The Morgan fingerprint density at radius 2 is 1.81 bits per heavy atom. The fourth-order valence-electron chi connectivity index (χ4n) is 2.53. The SMILES string of the molecule is C[C@@H](OC(=O)c1ccc(N2C(=O)CCC2=O)cc1)C(=O)N(C)CCC#N. The van der Waals surface area contributed by atoms with E-state index in [9.17, 15) is 19.2 Å². The third kappa shape index (κ3) is 4.25. The molecule has 26 heavy (non-hydrogen) atoms. The van der Waals surface area contributed by atoms with E-state index in [1.54, 1.807) is 0 Å². The summed E-state index contributed by atoms with van der Waals surface area (Å²) in [5, 5.41) is 8.54. The largest absolute Gasteiger partial charge is 0.449 e. The first-order valence-electron chi connectivity index (χ1n) is 8.14. The molecule has 0 spiro atoms. The molecule has 1 aliphatic rings. The molecule has 0 aliphatic carbocycles. The number of likely N-dealkylation sites (N-methyl/N-ethyl adjacent to an activating group) is 1. The van der Waals surface area contributed by atoms with Crippen molar-refractivity contribution in [3.63, 3.8) is 0 Å². The minimum Gasteiger partial charge on any atom is -0.449 e. The molecular formula is C18H19N3O5. The van der Waals surface area contributed by atoms with Gasteiger partial charge in [0.15, 0.2) is 6.10 Å². The van der Waals surface area contributed by atoms with Gasteiger partial charge in [-0.1, -0.05) is 0 Å². The number of nitriles is 1. The smallest absolute Gasteiger partial charge is 0.338 e. The zero-order chi connectivity index (χ0) is 19.3. The van der Waals surface area contributed by atoms with E-state index in [2.05, 4.69) is 0 Å². The van der Waals surface area contributed by atoms with Gasteiger partial charge in [-0.05, 0) is 31.2 Å². The second-order valence-electron chi connectivity index (χ2n) is 5.89. The van der Waals surface area contributed by atoms with Crippen LogP contribution < -0.4 is 4.90 Å². The van der Waals surface area contributed by atoms with Crippen LogP contribution in [0.2, 0.25) is 0 Å². The Morgan fingerprint density at radius 3 is 2.35 bits per heavy atom. The second kappa shape index (κ2) is 8.25. The third-order valence-electron chi connectivity index (χ3n) is 3.98. The number of carbonyl (C=O) groups excluding carboxylic acids is 4. The first-order valence-corrected chi connectivity index (χ1v) is 8.14. The van der Waals surface area contributed by atoms with Crippen molar-refractivity contribution in [1.82, 2.24) is 4.90 Å². The van der Waals surface area contributed by atoms with Gasteiger partial charge in [-0.3, -0.25) is 19.3 Å². The summed E-state index contributed by atoms with van der Waals surface area (Å²) in [6.45, 7) is 1.71. The quantitative estimate of drug-likeness (QED) is 0.560. The lowest BCUT2D eigenvalue weighted by Gasteiger charge is -2.20. The molecule has 8 heteroatoms. The van der Waals surface area contributed by atoms with Crippen LogP contribution in [0.4, 0.5) is 5.69 Å². The van der Waals surface area contributed by atoms with Gasteiger partial charge in [0.25, 0.3) is 5.91 Å². The van der Waals surface area contributed by atoms with Crippen LogP contribution >= 0.6 is 0 Å². The molecule has 1 aromatic carbocycles. The Labute approximate surface area is 150 Å². The molecule has 0 unspecified atom stereocenters. The first-order chi connectivity index (χ1) is 12.3. The van der Waals surface area contributed by atoms with E-state index in [4.69, 9.17) is 10.00 Å². The number of nitrogens with zero attached hydrogens (tertiary/aromatic N) is 3. The summed E-state index contributed by atoms with van der Waals surface area (Å²) in [6.07, 6.45) is -0.436. The van der Waals surface area contributed by atoms with E-state index >= 15 is 0 Å². The molecule has 0 radical (unpaired) electrons. The minimum atomic E-state index is -0.993. The molecule has 0 aromatic heterocycles. The summed E-state index contributed by atoms with van der Waals surface area (Å²) in [5.74, 6) is -1.64. The molecule has 1 atom stereocenters. The first kappa shape index (κ1) is 19.1. The van der Waals surface area contributed by atoms with Gasteiger partial charge >= 0.3 is 5.97 Å². The van der Waals surface area contributed by atoms with Crippen molar-refractivity contribution < 1.29 is 23.9 Å². The highest BCUT2D eigenvalue weighted by molar-refractivity contribution is 6.19. The van der Waals surface area contributed by atoms with Crippen LogP contribution in [0, 0.1) is 11.3 Å². The predicted octanol–water partition coefficient (Wildman–Crippen LogP) is 1.26.